The van der Waals surface area contributed by atoms with Crippen molar-refractivity contribution < 1.29 is 26.7 Å². The molecule has 0 aliphatic heterocycles. The minimum Gasteiger partial charge on any atom is -0.408 e. The van der Waals surface area contributed by atoms with E-state index in [1.54, 1.807) is 0 Å². The lowest BCUT2D eigenvalue weighted by atomic mass is 11.0. The molecule has 0 aromatic rings. The fraction of sp³-hybridized carbons (Fsp3) is 0.333. The van der Waals surface area contributed by atoms with E-state index in [-0.39, 0.29) is 0 Å². The first-order valence-corrected chi connectivity index (χ1v) is 1.67. The van der Waals surface area contributed by atoms with Gasteiger partial charge in [0.05, 0.1) is 0 Å². The van der Waals surface area contributed by atoms with Gasteiger partial charge in [-0.05, 0) is 0 Å². The van der Waals surface area contributed by atoms with Gasteiger partial charge in [0.15, 0.2) is 6.26 Å². The maximum atomic E-state index is 10.8. The normalized spacial score (nSPS) is 10.8. The monoisotopic (exact) mass is 148 g/mol. The van der Waals surface area contributed by atoms with E-state index in [0.29, 0.717) is 0 Å². The van der Waals surface area contributed by atoms with Crippen LogP contribution in [0.1, 0.15) is 0 Å². The highest BCUT2D eigenvalue weighted by Crippen LogP contribution is 2.17. The summed E-state index contributed by atoms with van der Waals surface area (Å²) in [6.45, 7) is 0. The molecule has 0 radical (unpaired) electrons. The smallest absolute Gasteiger partial charge is 0.408 e. The topological polar surface area (TPSA) is 9.23 Å². The molecule has 0 fully saturated rings. The Labute approximate surface area is 46.7 Å². The lowest BCUT2D eigenvalue weighted by molar-refractivity contribution is -0.299. The number of rotatable bonds is 1. The molecule has 0 aliphatic carbocycles. The second kappa shape index (κ2) is 2.65. The number of ether oxygens (including phenoxy) is 1. The molecule has 0 atom stereocenters. The Kier molecular flexibility index (Phi) is 2.41. The Morgan fingerprint density at radius 1 is 1.22 bits per heavy atom. The summed E-state index contributed by atoms with van der Waals surface area (Å²) in [6.07, 6.45) is -8.21. The fourth-order valence-corrected chi connectivity index (χ4v) is 0.111. The largest absolute Gasteiger partial charge is 0.572 e. The molecular formula is C3HF5O. The quantitative estimate of drug-likeness (QED) is 0.409. The van der Waals surface area contributed by atoms with Gasteiger partial charge in [-0.25, -0.2) is 0 Å². The SMILES string of the molecule is FC(F)=COC(F)(F)F. The average Bonchev–Trinajstić information content (AvgIpc) is 1.59. The zero-order chi connectivity index (χ0) is 7.49. The second-order valence-electron chi connectivity index (χ2n) is 0.971. The van der Waals surface area contributed by atoms with Gasteiger partial charge in [-0.3, -0.25) is 0 Å². The van der Waals surface area contributed by atoms with Gasteiger partial charge in [0.2, 0.25) is 0 Å². The third kappa shape index (κ3) is 7.19. The van der Waals surface area contributed by atoms with Crippen molar-refractivity contribution in [2.45, 2.75) is 6.36 Å². The van der Waals surface area contributed by atoms with Crippen molar-refractivity contribution in [1.29, 1.82) is 0 Å². The van der Waals surface area contributed by atoms with E-state index >= 15 is 0 Å². The van der Waals surface area contributed by atoms with E-state index in [1.807, 2.05) is 0 Å². The predicted octanol–water partition coefficient (Wildman–Crippen LogP) is 2.26. The molecule has 0 aromatic heterocycles. The van der Waals surface area contributed by atoms with Crippen LogP contribution in [0.15, 0.2) is 12.3 Å². The third-order valence-corrected chi connectivity index (χ3v) is 0.282. The van der Waals surface area contributed by atoms with Crippen molar-refractivity contribution in [3.05, 3.63) is 12.3 Å². The zero-order valence-corrected chi connectivity index (χ0v) is 3.88. The number of alkyl halides is 3. The summed E-state index contributed by atoms with van der Waals surface area (Å²) >= 11 is 0. The maximum absolute atomic E-state index is 10.8. The molecule has 0 aliphatic rings. The van der Waals surface area contributed by atoms with Gasteiger partial charge < -0.3 is 4.74 Å². The van der Waals surface area contributed by atoms with Crippen LogP contribution in [0.4, 0.5) is 22.0 Å². The molecule has 54 valence electrons. The Morgan fingerprint density at radius 3 is 1.78 bits per heavy atom. The summed E-state index contributed by atoms with van der Waals surface area (Å²) in [5.41, 5.74) is 0. The molecule has 1 nitrogen and oxygen atoms in total. The average molecular weight is 148 g/mol. The van der Waals surface area contributed by atoms with Crippen LogP contribution < -0.4 is 0 Å². The van der Waals surface area contributed by atoms with Gasteiger partial charge >= 0.3 is 12.4 Å². The Bertz CT molecular complexity index is 110. The van der Waals surface area contributed by atoms with E-state index < -0.39 is 18.7 Å². The number of hydrogen-bond acceptors (Lipinski definition) is 1. The summed E-state index contributed by atoms with van der Waals surface area (Å²) in [4.78, 5) is 0. The molecule has 9 heavy (non-hydrogen) atoms. The van der Waals surface area contributed by atoms with Crippen molar-refractivity contribution >= 4 is 0 Å². The number of halogens is 5. The van der Waals surface area contributed by atoms with Gasteiger partial charge in [0, 0.05) is 0 Å². The predicted molar refractivity (Wildman–Crippen MR) is 17.4 cm³/mol. The molecule has 0 amide bonds. The Balaban J connectivity index is 3.64. The molecule has 0 saturated heterocycles. The molecule has 0 rings (SSSR count). The van der Waals surface area contributed by atoms with Crippen LogP contribution in [-0.4, -0.2) is 6.36 Å². The van der Waals surface area contributed by atoms with E-state index in [1.165, 1.54) is 0 Å². The van der Waals surface area contributed by atoms with E-state index in [9.17, 15) is 22.0 Å². The Morgan fingerprint density at radius 2 is 1.67 bits per heavy atom. The van der Waals surface area contributed by atoms with Crippen LogP contribution in [0.3, 0.4) is 0 Å². The minimum absolute atomic E-state index is 0.667. The van der Waals surface area contributed by atoms with Crippen molar-refractivity contribution in [2.75, 3.05) is 0 Å². The summed E-state index contributed by atoms with van der Waals surface area (Å²) in [6, 6.07) is 0. The van der Waals surface area contributed by atoms with E-state index in [0.717, 1.165) is 0 Å². The van der Waals surface area contributed by atoms with Crippen molar-refractivity contribution in [3.8, 4) is 0 Å². The van der Waals surface area contributed by atoms with Crippen molar-refractivity contribution in [3.63, 3.8) is 0 Å². The highest BCUT2D eigenvalue weighted by atomic mass is 19.4. The molecule has 0 bridgehead atoms. The van der Waals surface area contributed by atoms with Gasteiger partial charge in [-0.1, -0.05) is 0 Å². The van der Waals surface area contributed by atoms with Gasteiger partial charge in [-0.2, -0.15) is 8.78 Å². The van der Waals surface area contributed by atoms with E-state index in [2.05, 4.69) is 4.74 Å². The molecule has 0 unspecified atom stereocenters. The standard InChI is InChI=1S/C3HF5O/c4-2(5)1-9-3(6,7)8/h1H. The zero-order valence-electron chi connectivity index (χ0n) is 3.88. The van der Waals surface area contributed by atoms with Crippen LogP contribution in [-0.2, 0) is 4.74 Å². The fourth-order valence-electron chi connectivity index (χ4n) is 0.111. The minimum atomic E-state index is -5.02. The van der Waals surface area contributed by atoms with Crippen molar-refractivity contribution in [2.24, 2.45) is 0 Å². The summed E-state index contributed by atoms with van der Waals surface area (Å²) in [7, 11) is 0. The molecule has 0 spiro atoms. The lowest BCUT2D eigenvalue weighted by Crippen LogP contribution is -2.08. The number of hydrogen-bond donors (Lipinski definition) is 0. The van der Waals surface area contributed by atoms with Crippen LogP contribution in [0.5, 0.6) is 0 Å². The first-order valence-electron chi connectivity index (χ1n) is 1.67. The molecule has 0 heterocycles. The Hall–Kier alpha value is -0.810. The summed E-state index contributed by atoms with van der Waals surface area (Å²) < 4.78 is 56.6. The molecule has 0 N–H and O–H groups in total. The van der Waals surface area contributed by atoms with Gasteiger partial charge in [0.1, 0.15) is 0 Å². The molecular weight excluding hydrogens is 147 g/mol. The summed E-state index contributed by atoms with van der Waals surface area (Å²) in [5.74, 6) is 0. The first kappa shape index (κ1) is 8.19. The van der Waals surface area contributed by atoms with Crippen molar-refractivity contribution in [1.82, 2.24) is 0 Å². The van der Waals surface area contributed by atoms with Crippen LogP contribution in [0.25, 0.3) is 0 Å². The van der Waals surface area contributed by atoms with Crippen LogP contribution in [0, 0.1) is 0 Å². The van der Waals surface area contributed by atoms with Gasteiger partial charge in [0.25, 0.3) is 0 Å². The van der Waals surface area contributed by atoms with E-state index in [4.69, 9.17) is 0 Å². The van der Waals surface area contributed by atoms with Crippen LogP contribution >= 0.6 is 0 Å². The van der Waals surface area contributed by atoms with Gasteiger partial charge in [-0.15, -0.1) is 13.2 Å². The van der Waals surface area contributed by atoms with Crippen LogP contribution in [0.2, 0.25) is 0 Å². The molecule has 0 saturated carbocycles. The highest BCUT2D eigenvalue weighted by Gasteiger charge is 2.29. The lowest BCUT2D eigenvalue weighted by Gasteiger charge is -2.00. The second-order valence-corrected chi connectivity index (χ2v) is 0.971. The first-order chi connectivity index (χ1) is 3.92. The summed E-state index contributed by atoms with van der Waals surface area (Å²) in [5, 5.41) is 0. The maximum Gasteiger partial charge on any atom is 0.572 e. The third-order valence-electron chi connectivity index (χ3n) is 0.282. The molecule has 6 heteroatoms. The highest BCUT2D eigenvalue weighted by molar-refractivity contribution is 4.69. The molecule has 0 aromatic carbocycles.